The quantitative estimate of drug-likeness (QED) is 0.600. The molecule has 20 heavy (non-hydrogen) atoms. The molecule has 0 radical (unpaired) electrons. The van der Waals surface area contributed by atoms with Crippen LogP contribution in [0.3, 0.4) is 0 Å². The monoisotopic (exact) mass is 282 g/mol. The summed E-state index contributed by atoms with van der Waals surface area (Å²) >= 11 is 0. The predicted octanol–water partition coefficient (Wildman–Crippen LogP) is 0.872. The summed E-state index contributed by atoms with van der Waals surface area (Å²) in [6.07, 6.45) is 2.50. The lowest BCUT2D eigenvalue weighted by Crippen LogP contribution is -2.40. The van der Waals surface area contributed by atoms with E-state index in [4.69, 9.17) is 9.73 Å². The largest absolute Gasteiger partial charge is 0.384 e. The van der Waals surface area contributed by atoms with Crippen LogP contribution in [0.5, 0.6) is 0 Å². The number of rotatable bonds is 5. The Balaban J connectivity index is 1.86. The van der Waals surface area contributed by atoms with E-state index in [9.17, 15) is 0 Å². The maximum absolute atomic E-state index is 5.27. The van der Waals surface area contributed by atoms with Crippen LogP contribution in [0.25, 0.3) is 0 Å². The zero-order valence-electron chi connectivity index (χ0n) is 13.3. The second-order valence-electron chi connectivity index (χ2n) is 6.17. The number of hydrogen-bond donors (Lipinski definition) is 1. The Bertz CT molecular complexity index is 321. The number of ether oxygens (including phenoxy) is 1. The third kappa shape index (κ3) is 4.35. The molecule has 2 fully saturated rings. The van der Waals surface area contributed by atoms with Crippen molar-refractivity contribution in [3.05, 3.63) is 0 Å². The van der Waals surface area contributed by atoms with Crippen molar-refractivity contribution in [3.63, 3.8) is 0 Å². The molecule has 0 aromatic heterocycles. The van der Waals surface area contributed by atoms with Gasteiger partial charge in [0.1, 0.15) is 0 Å². The van der Waals surface area contributed by atoms with Gasteiger partial charge in [-0.1, -0.05) is 0 Å². The first-order valence-corrected chi connectivity index (χ1v) is 7.93. The molecule has 0 aromatic rings. The Morgan fingerprint density at radius 2 is 2.05 bits per heavy atom. The fourth-order valence-corrected chi connectivity index (χ4v) is 3.21. The molecule has 2 heterocycles. The van der Waals surface area contributed by atoms with Gasteiger partial charge in [0, 0.05) is 45.8 Å². The summed E-state index contributed by atoms with van der Waals surface area (Å²) in [6.45, 7) is 9.48. The highest BCUT2D eigenvalue weighted by molar-refractivity contribution is 5.80. The van der Waals surface area contributed by atoms with Crippen LogP contribution in [-0.4, -0.2) is 75.8 Å². The van der Waals surface area contributed by atoms with Gasteiger partial charge in [-0.25, -0.2) is 0 Å². The fourth-order valence-electron chi connectivity index (χ4n) is 3.21. The first-order valence-electron chi connectivity index (χ1n) is 7.93. The van der Waals surface area contributed by atoms with E-state index < -0.39 is 0 Å². The normalized spacial score (nSPS) is 28.4. The second-order valence-corrected chi connectivity index (χ2v) is 6.17. The van der Waals surface area contributed by atoms with Crippen molar-refractivity contribution in [1.82, 2.24) is 15.1 Å². The number of methoxy groups -OCH3 is 1. The van der Waals surface area contributed by atoms with Gasteiger partial charge in [0.25, 0.3) is 0 Å². The van der Waals surface area contributed by atoms with E-state index in [1.807, 2.05) is 0 Å². The average molecular weight is 282 g/mol. The third-order valence-electron chi connectivity index (χ3n) is 4.31. The summed E-state index contributed by atoms with van der Waals surface area (Å²) in [6, 6.07) is 0. The van der Waals surface area contributed by atoms with E-state index >= 15 is 0 Å². The Hall–Kier alpha value is -0.810. The maximum atomic E-state index is 5.27. The maximum Gasteiger partial charge on any atom is 0.193 e. The molecule has 0 aromatic carbocycles. The van der Waals surface area contributed by atoms with Crippen LogP contribution < -0.4 is 5.32 Å². The minimum Gasteiger partial charge on any atom is -0.384 e. The Morgan fingerprint density at radius 3 is 2.70 bits per heavy atom. The molecule has 2 unspecified atom stereocenters. The molecule has 116 valence electrons. The van der Waals surface area contributed by atoms with Gasteiger partial charge in [-0.15, -0.1) is 0 Å². The van der Waals surface area contributed by atoms with Gasteiger partial charge in [0.2, 0.25) is 0 Å². The second kappa shape index (κ2) is 7.84. The lowest BCUT2D eigenvalue weighted by molar-refractivity contribution is 0.157. The highest BCUT2D eigenvalue weighted by atomic mass is 16.5. The van der Waals surface area contributed by atoms with Crippen molar-refractivity contribution in [3.8, 4) is 0 Å². The molecule has 2 saturated heterocycles. The number of nitrogens with one attached hydrogen (secondary N) is 1. The van der Waals surface area contributed by atoms with Crippen molar-refractivity contribution in [1.29, 1.82) is 0 Å². The minimum atomic E-state index is 0.654. The molecule has 2 rings (SSSR count). The minimum absolute atomic E-state index is 0.654. The molecule has 5 nitrogen and oxygen atoms in total. The van der Waals surface area contributed by atoms with E-state index in [2.05, 4.69) is 29.1 Å². The number of nitrogens with zero attached hydrogens (tertiary/aromatic N) is 3. The Morgan fingerprint density at radius 1 is 1.25 bits per heavy atom. The smallest absolute Gasteiger partial charge is 0.193 e. The van der Waals surface area contributed by atoms with Gasteiger partial charge in [-0.3, -0.25) is 4.99 Å². The van der Waals surface area contributed by atoms with Gasteiger partial charge in [-0.2, -0.15) is 0 Å². The number of hydrogen-bond acceptors (Lipinski definition) is 3. The molecule has 0 bridgehead atoms. The van der Waals surface area contributed by atoms with Crippen LogP contribution >= 0.6 is 0 Å². The first kappa shape index (κ1) is 15.6. The summed E-state index contributed by atoms with van der Waals surface area (Å²) in [5, 5.41) is 3.44. The van der Waals surface area contributed by atoms with Crippen LogP contribution in [0.1, 0.15) is 19.8 Å². The average Bonchev–Trinajstić information content (AvgIpc) is 3.04. The van der Waals surface area contributed by atoms with Crippen LogP contribution in [0.2, 0.25) is 0 Å². The molecule has 2 aliphatic rings. The summed E-state index contributed by atoms with van der Waals surface area (Å²) in [7, 11) is 3.99. The molecule has 2 aliphatic heterocycles. The van der Waals surface area contributed by atoms with Crippen molar-refractivity contribution < 1.29 is 4.74 Å². The van der Waals surface area contributed by atoms with Crippen molar-refractivity contribution >= 4 is 5.96 Å². The zero-order chi connectivity index (χ0) is 14.4. The van der Waals surface area contributed by atoms with Crippen LogP contribution in [0.4, 0.5) is 0 Å². The molecule has 0 amide bonds. The standard InChI is InChI=1S/C15H30N4O/c1-4-16-15(17-9-13-5-7-18(2)10-13)19-8-6-14(11-19)12-20-3/h13-14H,4-12H2,1-3H3,(H,16,17). The molecule has 0 aliphatic carbocycles. The molecular formula is C15H30N4O. The number of guanidine groups is 1. The van der Waals surface area contributed by atoms with Gasteiger partial charge in [0.05, 0.1) is 6.61 Å². The van der Waals surface area contributed by atoms with Crippen molar-refractivity contribution in [2.24, 2.45) is 16.8 Å². The SMILES string of the molecule is CCNC(=NCC1CCN(C)C1)N1CCC(COC)C1. The van der Waals surface area contributed by atoms with Crippen molar-refractivity contribution in [2.75, 3.05) is 60.0 Å². The van der Waals surface area contributed by atoms with Gasteiger partial charge >= 0.3 is 0 Å². The molecule has 2 atom stereocenters. The van der Waals surface area contributed by atoms with E-state index in [0.717, 1.165) is 44.7 Å². The Labute approximate surface area is 123 Å². The molecular weight excluding hydrogens is 252 g/mol. The summed E-state index contributed by atoms with van der Waals surface area (Å²) in [4.78, 5) is 9.67. The molecule has 5 heteroatoms. The lowest BCUT2D eigenvalue weighted by atomic mass is 10.1. The highest BCUT2D eigenvalue weighted by Crippen LogP contribution is 2.18. The summed E-state index contributed by atoms with van der Waals surface area (Å²) in [5.41, 5.74) is 0. The van der Waals surface area contributed by atoms with E-state index in [0.29, 0.717) is 5.92 Å². The zero-order valence-corrected chi connectivity index (χ0v) is 13.3. The molecule has 0 spiro atoms. The van der Waals surface area contributed by atoms with Crippen LogP contribution in [0.15, 0.2) is 4.99 Å². The van der Waals surface area contributed by atoms with Gasteiger partial charge in [-0.05, 0) is 39.3 Å². The first-order chi connectivity index (χ1) is 9.72. The topological polar surface area (TPSA) is 40.1 Å². The van der Waals surface area contributed by atoms with Crippen molar-refractivity contribution in [2.45, 2.75) is 19.8 Å². The summed E-state index contributed by atoms with van der Waals surface area (Å²) in [5.74, 6) is 2.48. The predicted molar refractivity (Wildman–Crippen MR) is 83.1 cm³/mol. The number of aliphatic imine (C=N–C) groups is 1. The Kier molecular flexibility index (Phi) is 6.10. The van der Waals surface area contributed by atoms with E-state index in [-0.39, 0.29) is 0 Å². The lowest BCUT2D eigenvalue weighted by Gasteiger charge is -2.22. The summed E-state index contributed by atoms with van der Waals surface area (Å²) < 4.78 is 5.27. The van der Waals surface area contributed by atoms with Gasteiger partial charge in [0.15, 0.2) is 5.96 Å². The molecule has 0 saturated carbocycles. The highest BCUT2D eigenvalue weighted by Gasteiger charge is 2.25. The third-order valence-corrected chi connectivity index (χ3v) is 4.31. The van der Waals surface area contributed by atoms with E-state index in [1.54, 1.807) is 7.11 Å². The van der Waals surface area contributed by atoms with Gasteiger partial charge < -0.3 is 19.9 Å². The van der Waals surface area contributed by atoms with Crippen LogP contribution in [0, 0.1) is 11.8 Å². The molecule has 1 N–H and O–H groups in total. The van der Waals surface area contributed by atoms with E-state index in [1.165, 1.54) is 25.9 Å². The fraction of sp³-hybridized carbons (Fsp3) is 0.933. The number of likely N-dealkylation sites (tertiary alicyclic amines) is 2. The van der Waals surface area contributed by atoms with Crippen LogP contribution in [-0.2, 0) is 4.74 Å².